The maximum Gasteiger partial charge on any atom is 0.128 e. The lowest BCUT2D eigenvalue weighted by Gasteiger charge is -2.56. The highest BCUT2D eigenvalue weighted by Crippen LogP contribution is 2.49. The summed E-state index contributed by atoms with van der Waals surface area (Å²) in [6, 6.07) is 4.11. The highest BCUT2D eigenvalue weighted by Gasteiger charge is 2.47. The fourth-order valence-corrected chi connectivity index (χ4v) is 2.68. The highest BCUT2D eigenvalue weighted by atomic mass is 15.3. The van der Waals surface area contributed by atoms with Crippen molar-refractivity contribution in [3.8, 4) is 0 Å². The van der Waals surface area contributed by atoms with Crippen LogP contribution < -0.4 is 10.6 Å². The zero-order chi connectivity index (χ0) is 12.3. The highest BCUT2D eigenvalue weighted by molar-refractivity contribution is 5.45. The van der Waals surface area contributed by atoms with E-state index in [-0.39, 0.29) is 0 Å². The van der Waals surface area contributed by atoms with Crippen LogP contribution in [-0.2, 0) is 6.54 Å². The van der Waals surface area contributed by atoms with Crippen molar-refractivity contribution in [1.82, 2.24) is 4.98 Å². The number of hydrogen-bond acceptors (Lipinski definition) is 3. The summed E-state index contributed by atoms with van der Waals surface area (Å²) < 4.78 is 0. The van der Waals surface area contributed by atoms with Gasteiger partial charge in [0, 0.05) is 31.2 Å². The average molecular weight is 233 g/mol. The molecule has 0 atom stereocenters. The molecule has 1 saturated carbocycles. The second kappa shape index (κ2) is 5.05. The molecule has 2 fully saturated rings. The van der Waals surface area contributed by atoms with Crippen molar-refractivity contribution in [2.75, 3.05) is 18.0 Å². The molecule has 1 aliphatic carbocycles. The molecule has 0 amide bonds. The van der Waals surface area contributed by atoms with Gasteiger partial charge in [0.1, 0.15) is 5.82 Å². The molecule has 1 aromatic heterocycles. The van der Waals surface area contributed by atoms with E-state index in [0.29, 0.717) is 12.0 Å². The molecule has 0 unspecified atom stereocenters. The smallest absolute Gasteiger partial charge is 0.128 e. The molecule has 1 aromatic rings. The van der Waals surface area contributed by atoms with Crippen molar-refractivity contribution < 1.29 is 0 Å². The van der Waals surface area contributed by atoms with E-state index in [9.17, 15) is 0 Å². The van der Waals surface area contributed by atoms with Gasteiger partial charge in [-0.3, -0.25) is 0 Å². The largest absolute Gasteiger partial charge is 0.355 e. The molecule has 0 radical (unpaired) electrons. The number of nitrogens with two attached hydrogens (primary N) is 1. The van der Waals surface area contributed by atoms with Crippen molar-refractivity contribution >= 4 is 5.82 Å². The van der Waals surface area contributed by atoms with Gasteiger partial charge in [0.25, 0.3) is 0 Å². The van der Waals surface area contributed by atoms with Gasteiger partial charge in [0.2, 0.25) is 0 Å². The van der Waals surface area contributed by atoms with E-state index in [1.807, 2.05) is 26.1 Å². The Bertz CT molecular complexity index is 363. The van der Waals surface area contributed by atoms with Gasteiger partial charge in [-0.1, -0.05) is 20.3 Å². The zero-order valence-corrected chi connectivity index (χ0v) is 10.9. The van der Waals surface area contributed by atoms with Gasteiger partial charge >= 0.3 is 0 Å². The van der Waals surface area contributed by atoms with Crippen LogP contribution in [0.3, 0.4) is 0 Å². The Morgan fingerprint density at radius 3 is 2.59 bits per heavy atom. The Morgan fingerprint density at radius 1 is 1.35 bits per heavy atom. The Kier molecular flexibility index (Phi) is 3.67. The monoisotopic (exact) mass is 233 g/mol. The molecular formula is C14H23N3. The van der Waals surface area contributed by atoms with Crippen molar-refractivity contribution in [2.45, 2.75) is 39.7 Å². The minimum absolute atomic E-state index is 0.606. The molecule has 2 aliphatic rings. The van der Waals surface area contributed by atoms with Crippen molar-refractivity contribution in [3.05, 3.63) is 23.9 Å². The minimum atomic E-state index is 0.606. The summed E-state index contributed by atoms with van der Waals surface area (Å²) in [5, 5.41) is 0. The van der Waals surface area contributed by atoms with Gasteiger partial charge in [-0.25, -0.2) is 4.98 Å². The van der Waals surface area contributed by atoms with Crippen molar-refractivity contribution in [1.29, 1.82) is 0 Å². The van der Waals surface area contributed by atoms with Gasteiger partial charge in [-0.05, 0) is 30.5 Å². The summed E-state index contributed by atoms with van der Waals surface area (Å²) in [6.45, 7) is 7.01. The van der Waals surface area contributed by atoms with Crippen LogP contribution in [0, 0.1) is 5.41 Å². The van der Waals surface area contributed by atoms with Crippen LogP contribution in [0.15, 0.2) is 18.3 Å². The molecule has 2 heterocycles. The summed E-state index contributed by atoms with van der Waals surface area (Å²) >= 11 is 0. The van der Waals surface area contributed by atoms with Gasteiger partial charge in [-0.2, -0.15) is 0 Å². The maximum atomic E-state index is 5.62. The van der Waals surface area contributed by atoms with E-state index in [1.165, 1.54) is 37.9 Å². The van der Waals surface area contributed by atoms with E-state index < -0.39 is 0 Å². The lowest BCUT2D eigenvalue weighted by molar-refractivity contribution is 0.0896. The third kappa shape index (κ3) is 2.29. The Balaban J connectivity index is 0.000000514. The van der Waals surface area contributed by atoms with E-state index in [1.54, 1.807) is 0 Å². The van der Waals surface area contributed by atoms with Crippen LogP contribution in [0.5, 0.6) is 0 Å². The number of aromatic nitrogens is 1. The lowest BCUT2D eigenvalue weighted by atomic mass is 9.63. The standard InChI is InChI=1S/C12H17N3.C2H6/c13-7-10-2-5-14-11(6-10)15-8-12(9-15)3-1-4-12;1-2/h2,5-6H,1,3-4,7-9,13H2;1-2H3. The second-order valence-corrected chi connectivity index (χ2v) is 4.94. The fourth-order valence-electron chi connectivity index (χ4n) is 2.68. The van der Waals surface area contributed by atoms with Crippen molar-refractivity contribution in [2.24, 2.45) is 11.1 Å². The SMILES string of the molecule is CC.NCc1ccnc(N2CC3(CCC3)C2)c1. The van der Waals surface area contributed by atoms with E-state index in [4.69, 9.17) is 5.73 Å². The molecule has 0 aromatic carbocycles. The second-order valence-electron chi connectivity index (χ2n) is 4.94. The van der Waals surface area contributed by atoms with Crippen LogP contribution in [0.1, 0.15) is 38.7 Å². The molecule has 3 rings (SSSR count). The van der Waals surface area contributed by atoms with E-state index >= 15 is 0 Å². The summed E-state index contributed by atoms with van der Waals surface area (Å²) in [6.07, 6.45) is 6.12. The first-order valence-electron chi connectivity index (χ1n) is 6.71. The summed E-state index contributed by atoms with van der Waals surface area (Å²) in [4.78, 5) is 6.78. The molecule has 3 nitrogen and oxygen atoms in total. The normalized spacial score (nSPS) is 20.1. The van der Waals surface area contributed by atoms with E-state index in [0.717, 1.165) is 5.82 Å². The first-order valence-corrected chi connectivity index (χ1v) is 6.71. The number of pyridine rings is 1. The van der Waals surface area contributed by atoms with Gasteiger partial charge in [0.05, 0.1) is 0 Å². The Labute approximate surface area is 104 Å². The Hall–Kier alpha value is -1.09. The lowest BCUT2D eigenvalue weighted by Crippen LogP contribution is -2.60. The summed E-state index contributed by atoms with van der Waals surface area (Å²) in [7, 11) is 0. The molecule has 94 valence electrons. The fraction of sp³-hybridized carbons (Fsp3) is 0.643. The van der Waals surface area contributed by atoms with Crippen LogP contribution in [0.2, 0.25) is 0 Å². The summed E-state index contributed by atoms with van der Waals surface area (Å²) in [5.74, 6) is 1.11. The average Bonchev–Trinajstić information content (AvgIpc) is 2.28. The topological polar surface area (TPSA) is 42.1 Å². The molecule has 3 heteroatoms. The predicted octanol–water partition coefficient (Wildman–Crippen LogP) is 2.56. The third-order valence-electron chi connectivity index (χ3n) is 3.84. The van der Waals surface area contributed by atoms with Crippen LogP contribution in [0.4, 0.5) is 5.82 Å². The Morgan fingerprint density at radius 2 is 2.06 bits per heavy atom. The summed E-state index contributed by atoms with van der Waals surface area (Å²) in [5.41, 5.74) is 7.47. The molecule has 1 spiro atoms. The number of hydrogen-bond donors (Lipinski definition) is 1. The first-order chi connectivity index (χ1) is 8.31. The zero-order valence-electron chi connectivity index (χ0n) is 10.9. The maximum absolute atomic E-state index is 5.62. The molecule has 17 heavy (non-hydrogen) atoms. The molecule has 1 aliphatic heterocycles. The molecule has 1 saturated heterocycles. The molecule has 2 N–H and O–H groups in total. The number of rotatable bonds is 2. The van der Waals surface area contributed by atoms with Crippen molar-refractivity contribution in [3.63, 3.8) is 0 Å². The number of anilines is 1. The van der Waals surface area contributed by atoms with Gasteiger partial charge < -0.3 is 10.6 Å². The third-order valence-corrected chi connectivity index (χ3v) is 3.84. The van der Waals surface area contributed by atoms with Gasteiger partial charge in [0.15, 0.2) is 0 Å². The minimum Gasteiger partial charge on any atom is -0.355 e. The van der Waals surface area contributed by atoms with E-state index in [2.05, 4.69) is 16.0 Å². The predicted molar refractivity (Wildman–Crippen MR) is 72.0 cm³/mol. The van der Waals surface area contributed by atoms with Gasteiger partial charge in [-0.15, -0.1) is 0 Å². The quantitative estimate of drug-likeness (QED) is 0.853. The first kappa shape index (κ1) is 12.4. The van der Waals surface area contributed by atoms with Crippen LogP contribution in [0.25, 0.3) is 0 Å². The molecule has 0 bridgehead atoms. The molecular weight excluding hydrogens is 210 g/mol. The van der Waals surface area contributed by atoms with Crippen LogP contribution in [-0.4, -0.2) is 18.1 Å². The van der Waals surface area contributed by atoms with Crippen LogP contribution >= 0.6 is 0 Å². The number of nitrogens with zero attached hydrogens (tertiary/aromatic N) is 2.